The van der Waals surface area contributed by atoms with Crippen LogP contribution >= 0.6 is 0 Å². The number of rotatable bonds is 7. The molecule has 2 aromatic rings. The van der Waals surface area contributed by atoms with Crippen molar-refractivity contribution >= 4 is 11.7 Å². The van der Waals surface area contributed by atoms with Gasteiger partial charge in [-0.15, -0.1) is 0 Å². The summed E-state index contributed by atoms with van der Waals surface area (Å²) < 4.78 is 0. The van der Waals surface area contributed by atoms with Gasteiger partial charge in [0.1, 0.15) is 17.6 Å². The molecule has 3 heterocycles. The predicted molar refractivity (Wildman–Crippen MR) is 127 cm³/mol. The van der Waals surface area contributed by atoms with Crippen molar-refractivity contribution in [1.29, 1.82) is 5.26 Å². The summed E-state index contributed by atoms with van der Waals surface area (Å²) in [5.41, 5.74) is 1.78. The van der Waals surface area contributed by atoms with Crippen LogP contribution in [0.25, 0.3) is 0 Å². The standard InChI is InChI=1S/C27H32N4O2/c1-19-14-21-17-30(18-23(19)31(21)25-10-9-20(15-28)16-29-25)26(33)8-4-5-11-27(12-13-27)22-6-2-3-7-24(22)32/h2-3,6-7,9-10,16,19,21,23,32H,4-5,8,11-14,17-18H2,1H3/t19-,21?,23?/m0/s1. The third-order valence-electron chi connectivity index (χ3n) is 8.01. The third-order valence-corrected chi connectivity index (χ3v) is 8.01. The molecule has 172 valence electrons. The molecule has 1 aliphatic carbocycles. The van der Waals surface area contributed by atoms with Crippen molar-refractivity contribution in [3.63, 3.8) is 0 Å². The van der Waals surface area contributed by atoms with Gasteiger partial charge in [0.05, 0.1) is 11.6 Å². The molecule has 1 N–H and O–H groups in total. The van der Waals surface area contributed by atoms with E-state index in [1.807, 2.05) is 30.3 Å². The van der Waals surface area contributed by atoms with Crippen molar-refractivity contribution in [2.24, 2.45) is 5.92 Å². The number of aromatic hydroxyl groups is 1. The number of phenols is 1. The van der Waals surface area contributed by atoms with Gasteiger partial charge >= 0.3 is 0 Å². The maximum Gasteiger partial charge on any atom is 0.222 e. The number of fused-ring (bicyclic) bond motifs is 2. The lowest BCUT2D eigenvalue weighted by molar-refractivity contribution is -0.132. The molecule has 6 heteroatoms. The number of nitrogens with zero attached hydrogens (tertiary/aromatic N) is 4. The Kier molecular flexibility index (Phi) is 5.74. The zero-order chi connectivity index (χ0) is 23.0. The Labute approximate surface area is 195 Å². The minimum atomic E-state index is 0.128. The van der Waals surface area contributed by atoms with E-state index in [1.54, 1.807) is 12.3 Å². The van der Waals surface area contributed by atoms with Crippen LogP contribution in [0, 0.1) is 17.2 Å². The Balaban J connectivity index is 1.14. The highest BCUT2D eigenvalue weighted by atomic mass is 16.3. The number of unbranched alkanes of at least 4 members (excludes halogenated alkanes) is 1. The highest BCUT2D eigenvalue weighted by Crippen LogP contribution is 2.54. The van der Waals surface area contributed by atoms with Crippen LogP contribution in [0.4, 0.5) is 5.82 Å². The van der Waals surface area contributed by atoms with E-state index in [0.29, 0.717) is 29.7 Å². The maximum atomic E-state index is 13.0. The summed E-state index contributed by atoms with van der Waals surface area (Å²) in [5.74, 6) is 2.10. The van der Waals surface area contributed by atoms with Crippen LogP contribution in [0.5, 0.6) is 5.75 Å². The fraction of sp³-hybridized carbons (Fsp3) is 0.519. The molecule has 0 spiro atoms. The Hall–Kier alpha value is -3.07. The Bertz CT molecular complexity index is 1060. The van der Waals surface area contributed by atoms with E-state index in [-0.39, 0.29) is 17.4 Å². The summed E-state index contributed by atoms with van der Waals surface area (Å²) in [6.45, 7) is 3.77. The molecule has 2 saturated heterocycles. The lowest BCUT2D eigenvalue weighted by atomic mass is 9.89. The number of anilines is 1. The van der Waals surface area contributed by atoms with E-state index in [4.69, 9.17) is 5.26 Å². The van der Waals surface area contributed by atoms with Gasteiger partial charge in [-0.05, 0) is 61.6 Å². The molecule has 1 amide bonds. The van der Waals surface area contributed by atoms with Gasteiger partial charge in [0, 0.05) is 37.3 Å². The normalized spacial score (nSPS) is 25.0. The van der Waals surface area contributed by atoms with Crippen LogP contribution in [-0.4, -0.2) is 46.1 Å². The average Bonchev–Trinajstić information content (AvgIpc) is 3.58. The Morgan fingerprint density at radius 3 is 2.70 bits per heavy atom. The van der Waals surface area contributed by atoms with E-state index in [2.05, 4.69) is 27.8 Å². The Morgan fingerprint density at radius 1 is 1.21 bits per heavy atom. The molecular weight excluding hydrogens is 412 g/mol. The Morgan fingerprint density at radius 2 is 2.03 bits per heavy atom. The number of hydrogen-bond donors (Lipinski definition) is 1. The smallest absolute Gasteiger partial charge is 0.222 e. The summed E-state index contributed by atoms with van der Waals surface area (Å²) >= 11 is 0. The molecule has 1 aromatic carbocycles. The van der Waals surface area contributed by atoms with Crippen molar-refractivity contribution in [2.45, 2.75) is 69.4 Å². The third kappa shape index (κ3) is 4.17. The lowest BCUT2D eigenvalue weighted by Crippen LogP contribution is -2.56. The number of carbonyl (C=O) groups excluding carboxylic acids is 1. The highest BCUT2D eigenvalue weighted by Gasteiger charge is 2.46. The molecule has 1 aromatic heterocycles. The molecule has 3 fully saturated rings. The number of hydrogen-bond acceptors (Lipinski definition) is 5. The van der Waals surface area contributed by atoms with E-state index >= 15 is 0 Å². The molecule has 2 unspecified atom stereocenters. The minimum absolute atomic E-state index is 0.128. The predicted octanol–water partition coefficient (Wildman–Crippen LogP) is 4.38. The van der Waals surface area contributed by atoms with Gasteiger partial charge in [-0.3, -0.25) is 4.79 Å². The summed E-state index contributed by atoms with van der Waals surface area (Å²) in [6.07, 6.45) is 8.52. The number of piperazine rings is 1. The van der Waals surface area contributed by atoms with Crippen LogP contribution in [0.3, 0.4) is 0 Å². The molecule has 6 nitrogen and oxygen atoms in total. The van der Waals surface area contributed by atoms with Gasteiger partial charge in [0.2, 0.25) is 5.91 Å². The maximum absolute atomic E-state index is 13.0. The fourth-order valence-electron chi connectivity index (χ4n) is 6.02. The fourth-order valence-corrected chi connectivity index (χ4v) is 6.02. The summed E-state index contributed by atoms with van der Waals surface area (Å²) in [7, 11) is 0. The molecule has 33 heavy (non-hydrogen) atoms. The monoisotopic (exact) mass is 444 g/mol. The van der Waals surface area contributed by atoms with E-state index in [1.165, 1.54) is 0 Å². The summed E-state index contributed by atoms with van der Waals surface area (Å²) in [5, 5.41) is 19.3. The average molecular weight is 445 g/mol. The van der Waals surface area contributed by atoms with Crippen LogP contribution < -0.4 is 4.90 Å². The minimum Gasteiger partial charge on any atom is -0.508 e. The number of carbonyl (C=O) groups is 1. The van der Waals surface area contributed by atoms with Gasteiger partial charge in [0.25, 0.3) is 0 Å². The first-order valence-corrected chi connectivity index (χ1v) is 12.2. The van der Waals surface area contributed by atoms with Crippen molar-refractivity contribution < 1.29 is 9.90 Å². The molecule has 5 rings (SSSR count). The van der Waals surface area contributed by atoms with Crippen LogP contribution in [-0.2, 0) is 10.2 Å². The van der Waals surface area contributed by atoms with Gasteiger partial charge < -0.3 is 14.9 Å². The SMILES string of the molecule is C[C@H]1CC2CN(C(=O)CCCCC3(c4ccccc4O)CC3)CC1N2c1ccc(C#N)cn1. The van der Waals surface area contributed by atoms with E-state index in [9.17, 15) is 9.90 Å². The molecule has 1 saturated carbocycles. The first kappa shape index (κ1) is 21.8. The number of phenolic OH excluding ortho intramolecular Hbond substituents is 1. The zero-order valence-electron chi connectivity index (χ0n) is 19.3. The topological polar surface area (TPSA) is 80.5 Å². The van der Waals surface area contributed by atoms with Crippen molar-refractivity contribution in [2.75, 3.05) is 18.0 Å². The zero-order valence-corrected chi connectivity index (χ0v) is 19.3. The molecule has 3 atom stereocenters. The molecular formula is C27H32N4O2. The van der Waals surface area contributed by atoms with Crippen molar-refractivity contribution in [3.05, 3.63) is 53.7 Å². The molecule has 0 radical (unpaired) electrons. The van der Waals surface area contributed by atoms with E-state index in [0.717, 1.165) is 63.0 Å². The van der Waals surface area contributed by atoms with Crippen molar-refractivity contribution in [1.82, 2.24) is 9.88 Å². The highest BCUT2D eigenvalue weighted by molar-refractivity contribution is 5.76. The molecule has 2 aliphatic heterocycles. The van der Waals surface area contributed by atoms with Gasteiger partial charge in [-0.1, -0.05) is 31.5 Å². The molecule has 2 bridgehead atoms. The van der Waals surface area contributed by atoms with Gasteiger partial charge in [-0.2, -0.15) is 5.26 Å². The first-order valence-electron chi connectivity index (χ1n) is 12.2. The lowest BCUT2D eigenvalue weighted by Gasteiger charge is -2.42. The largest absolute Gasteiger partial charge is 0.508 e. The molecule has 3 aliphatic rings. The number of pyridine rings is 1. The number of para-hydroxylation sites is 1. The van der Waals surface area contributed by atoms with Gasteiger partial charge in [0.15, 0.2) is 0 Å². The summed E-state index contributed by atoms with van der Waals surface area (Å²) in [4.78, 5) is 22.0. The van der Waals surface area contributed by atoms with Crippen LogP contribution in [0.2, 0.25) is 0 Å². The number of aromatic nitrogens is 1. The van der Waals surface area contributed by atoms with Crippen LogP contribution in [0.1, 0.15) is 63.0 Å². The first-order chi connectivity index (χ1) is 16.0. The second-order valence-electron chi connectivity index (χ2n) is 10.2. The number of likely N-dealkylation sites (tertiary alicyclic amines) is 1. The number of benzene rings is 1. The quantitative estimate of drug-likeness (QED) is 0.641. The second kappa shape index (κ2) is 8.70. The van der Waals surface area contributed by atoms with Gasteiger partial charge in [-0.25, -0.2) is 4.98 Å². The van der Waals surface area contributed by atoms with Crippen LogP contribution in [0.15, 0.2) is 42.6 Å². The van der Waals surface area contributed by atoms with Crippen molar-refractivity contribution in [3.8, 4) is 11.8 Å². The van der Waals surface area contributed by atoms with E-state index < -0.39 is 0 Å². The second-order valence-corrected chi connectivity index (χ2v) is 10.2. The number of nitriles is 1. The summed E-state index contributed by atoms with van der Waals surface area (Å²) in [6, 6.07) is 14.2. The number of amides is 1.